The normalized spacial score (nSPS) is 20.1. The van der Waals surface area contributed by atoms with Crippen LogP contribution in [0, 0.1) is 0 Å². The summed E-state index contributed by atoms with van der Waals surface area (Å²) >= 11 is 2.07. The lowest BCUT2D eigenvalue weighted by molar-refractivity contribution is 0.509. The maximum Gasteiger partial charge on any atom is 0.0346 e. The number of rotatable bonds is 3. The highest BCUT2D eigenvalue weighted by Gasteiger charge is 2.13. The molecule has 1 aromatic carbocycles. The van der Waals surface area contributed by atoms with E-state index < -0.39 is 0 Å². The van der Waals surface area contributed by atoms with E-state index in [0.717, 1.165) is 6.54 Å². The summed E-state index contributed by atoms with van der Waals surface area (Å²) in [7, 11) is 0. The van der Waals surface area contributed by atoms with Gasteiger partial charge in [0, 0.05) is 36.1 Å². The molecule has 0 bridgehead atoms. The van der Waals surface area contributed by atoms with Gasteiger partial charge < -0.3 is 5.32 Å². The minimum atomic E-state index is 0.681. The molecule has 0 amide bonds. The van der Waals surface area contributed by atoms with Crippen LogP contribution < -0.4 is 5.32 Å². The number of hydrogen-bond acceptors (Lipinski definition) is 3. The number of nitrogens with one attached hydrogen (secondary N) is 1. The maximum absolute atomic E-state index is 4.18. The predicted octanol–water partition coefficient (Wildman–Crippen LogP) is 3.22. The summed E-state index contributed by atoms with van der Waals surface area (Å²) in [6, 6.07) is 9.26. The molecule has 1 atom stereocenters. The smallest absolute Gasteiger partial charge is 0.0346 e. The van der Waals surface area contributed by atoms with E-state index in [1.807, 2.05) is 12.4 Å². The largest absolute Gasteiger partial charge is 0.309 e. The molecule has 2 aromatic rings. The van der Waals surface area contributed by atoms with Crippen molar-refractivity contribution in [3.8, 4) is 0 Å². The van der Waals surface area contributed by atoms with Crippen LogP contribution in [0.3, 0.4) is 0 Å². The molecule has 2 heterocycles. The van der Waals surface area contributed by atoms with Crippen LogP contribution in [0.4, 0.5) is 0 Å². The summed E-state index contributed by atoms with van der Waals surface area (Å²) in [5, 5.41) is 6.24. The highest BCUT2D eigenvalue weighted by Crippen LogP contribution is 2.20. The third-order valence-corrected chi connectivity index (χ3v) is 4.73. The second-order valence-corrected chi connectivity index (χ2v) is 5.96. The molecule has 3 heteroatoms. The Hall–Kier alpha value is -1.06. The number of benzene rings is 1. The molecule has 0 aliphatic carbocycles. The van der Waals surface area contributed by atoms with Crippen molar-refractivity contribution in [3.63, 3.8) is 0 Å². The van der Waals surface area contributed by atoms with E-state index in [-0.39, 0.29) is 0 Å². The summed E-state index contributed by atoms with van der Waals surface area (Å²) in [5.74, 6) is 2.59. The van der Waals surface area contributed by atoms with Crippen LogP contribution in [0.1, 0.15) is 18.4 Å². The van der Waals surface area contributed by atoms with Crippen LogP contribution in [0.15, 0.2) is 36.7 Å². The zero-order valence-corrected chi connectivity index (χ0v) is 11.2. The highest BCUT2D eigenvalue weighted by molar-refractivity contribution is 7.99. The molecular weight excluding hydrogens is 240 g/mol. The minimum absolute atomic E-state index is 0.681. The van der Waals surface area contributed by atoms with Gasteiger partial charge in [0.05, 0.1) is 0 Å². The molecule has 0 radical (unpaired) electrons. The first-order chi connectivity index (χ1) is 8.93. The number of aromatic nitrogens is 1. The predicted molar refractivity (Wildman–Crippen MR) is 78.9 cm³/mol. The van der Waals surface area contributed by atoms with Gasteiger partial charge in [0.25, 0.3) is 0 Å². The topological polar surface area (TPSA) is 24.9 Å². The van der Waals surface area contributed by atoms with Crippen molar-refractivity contribution >= 4 is 22.5 Å². The number of hydrogen-bond donors (Lipinski definition) is 1. The van der Waals surface area contributed by atoms with Gasteiger partial charge >= 0.3 is 0 Å². The Morgan fingerprint density at radius 2 is 2.33 bits per heavy atom. The fraction of sp³-hybridized carbons (Fsp3) is 0.400. The quantitative estimate of drug-likeness (QED) is 0.915. The van der Waals surface area contributed by atoms with Crippen LogP contribution in [0.25, 0.3) is 10.8 Å². The Kier molecular flexibility index (Phi) is 3.81. The molecular formula is C15H18N2S. The van der Waals surface area contributed by atoms with Crippen molar-refractivity contribution < 1.29 is 0 Å². The standard InChI is InChI=1S/C15H18N2S/c1-3-12-9-16-7-6-15(12)13(4-1)10-17-14-5-2-8-18-11-14/h1,3-4,6-7,9,14,17H,2,5,8,10-11H2. The zero-order valence-electron chi connectivity index (χ0n) is 10.4. The second-order valence-electron chi connectivity index (χ2n) is 4.81. The fourth-order valence-electron chi connectivity index (χ4n) is 2.50. The summed E-state index contributed by atoms with van der Waals surface area (Å²) in [4.78, 5) is 4.18. The van der Waals surface area contributed by atoms with Crippen LogP contribution in [-0.2, 0) is 6.54 Å². The number of nitrogens with zero attached hydrogens (tertiary/aromatic N) is 1. The third-order valence-electron chi connectivity index (χ3n) is 3.51. The van der Waals surface area contributed by atoms with Crippen molar-refractivity contribution in [3.05, 3.63) is 42.2 Å². The molecule has 1 saturated heterocycles. The minimum Gasteiger partial charge on any atom is -0.309 e. The van der Waals surface area contributed by atoms with Gasteiger partial charge in [-0.2, -0.15) is 11.8 Å². The van der Waals surface area contributed by atoms with E-state index in [4.69, 9.17) is 0 Å². The Labute approximate surface area is 112 Å². The van der Waals surface area contributed by atoms with Gasteiger partial charge in [-0.15, -0.1) is 0 Å². The molecule has 1 aromatic heterocycles. The molecule has 2 nitrogen and oxygen atoms in total. The van der Waals surface area contributed by atoms with Gasteiger partial charge in [-0.3, -0.25) is 4.98 Å². The van der Waals surface area contributed by atoms with Crippen molar-refractivity contribution in [1.29, 1.82) is 0 Å². The van der Waals surface area contributed by atoms with Crippen molar-refractivity contribution in [2.45, 2.75) is 25.4 Å². The van der Waals surface area contributed by atoms with E-state index in [1.54, 1.807) is 0 Å². The van der Waals surface area contributed by atoms with E-state index in [1.165, 1.54) is 40.7 Å². The number of pyridine rings is 1. The second kappa shape index (κ2) is 5.72. The molecule has 1 fully saturated rings. The number of fused-ring (bicyclic) bond motifs is 1. The lowest BCUT2D eigenvalue weighted by atomic mass is 10.1. The molecule has 0 saturated carbocycles. The molecule has 18 heavy (non-hydrogen) atoms. The van der Waals surface area contributed by atoms with Gasteiger partial charge in [0.2, 0.25) is 0 Å². The maximum atomic E-state index is 4.18. The van der Waals surface area contributed by atoms with Gasteiger partial charge in [0.15, 0.2) is 0 Å². The Morgan fingerprint density at radius 1 is 1.33 bits per heavy atom. The zero-order chi connectivity index (χ0) is 12.2. The lowest BCUT2D eigenvalue weighted by Gasteiger charge is -2.22. The van der Waals surface area contributed by atoms with Gasteiger partial charge in [-0.25, -0.2) is 0 Å². The van der Waals surface area contributed by atoms with Gasteiger partial charge in [0.1, 0.15) is 0 Å². The molecule has 1 unspecified atom stereocenters. The van der Waals surface area contributed by atoms with Crippen molar-refractivity contribution in [2.24, 2.45) is 0 Å². The molecule has 0 spiro atoms. The van der Waals surface area contributed by atoms with Crippen LogP contribution in [-0.4, -0.2) is 22.5 Å². The van der Waals surface area contributed by atoms with Gasteiger partial charge in [-0.1, -0.05) is 18.2 Å². The van der Waals surface area contributed by atoms with Crippen LogP contribution in [0.5, 0.6) is 0 Å². The summed E-state index contributed by atoms with van der Waals surface area (Å²) in [6.45, 7) is 0.965. The van der Waals surface area contributed by atoms with E-state index in [0.29, 0.717) is 6.04 Å². The first-order valence-corrected chi connectivity index (χ1v) is 7.72. The SMILES string of the molecule is c1cc(CNC2CCCSC2)c2ccncc2c1. The molecule has 1 N–H and O–H groups in total. The fourth-order valence-corrected chi connectivity index (χ4v) is 3.61. The van der Waals surface area contributed by atoms with Gasteiger partial charge in [-0.05, 0) is 35.6 Å². The summed E-state index contributed by atoms with van der Waals surface area (Å²) in [5.41, 5.74) is 1.38. The molecule has 94 valence electrons. The molecule has 3 rings (SSSR count). The first-order valence-electron chi connectivity index (χ1n) is 6.56. The van der Waals surface area contributed by atoms with Crippen molar-refractivity contribution in [2.75, 3.05) is 11.5 Å². The first kappa shape index (κ1) is 12.0. The van der Waals surface area contributed by atoms with Crippen LogP contribution >= 0.6 is 11.8 Å². The average Bonchev–Trinajstić information content (AvgIpc) is 2.46. The van der Waals surface area contributed by atoms with E-state index in [9.17, 15) is 0 Å². The Balaban J connectivity index is 1.74. The monoisotopic (exact) mass is 258 g/mol. The average molecular weight is 258 g/mol. The third kappa shape index (κ3) is 2.68. The van der Waals surface area contributed by atoms with Crippen LogP contribution in [0.2, 0.25) is 0 Å². The highest BCUT2D eigenvalue weighted by atomic mass is 32.2. The number of thioether (sulfide) groups is 1. The summed E-state index contributed by atoms with van der Waals surface area (Å²) < 4.78 is 0. The van der Waals surface area contributed by atoms with E-state index >= 15 is 0 Å². The lowest BCUT2D eigenvalue weighted by Crippen LogP contribution is -2.33. The Bertz CT molecular complexity index is 515. The Morgan fingerprint density at radius 3 is 3.22 bits per heavy atom. The molecule has 1 aliphatic heterocycles. The molecule has 1 aliphatic rings. The summed E-state index contributed by atoms with van der Waals surface area (Å²) in [6.07, 6.45) is 6.48. The van der Waals surface area contributed by atoms with Crippen molar-refractivity contribution in [1.82, 2.24) is 10.3 Å². The van der Waals surface area contributed by atoms with E-state index in [2.05, 4.69) is 46.3 Å².